The standard InChI is InChI=1S/C12H12ClNO2/c13-10-4-2-9(3-5-10)11(15)8-12-14-6-1-7-16-12/h2-5,8,14H,1,6-7H2/b12-8+. The molecular weight excluding hydrogens is 226 g/mol. The average Bonchev–Trinajstić information content (AvgIpc) is 2.31. The van der Waals surface area contributed by atoms with Gasteiger partial charge >= 0.3 is 0 Å². The van der Waals surface area contributed by atoms with Crippen molar-refractivity contribution in [2.45, 2.75) is 6.42 Å². The van der Waals surface area contributed by atoms with Crippen LogP contribution in [0.25, 0.3) is 0 Å². The molecule has 1 fully saturated rings. The molecule has 84 valence electrons. The van der Waals surface area contributed by atoms with Crippen LogP contribution in [0.2, 0.25) is 5.02 Å². The van der Waals surface area contributed by atoms with Gasteiger partial charge in [0.15, 0.2) is 11.7 Å². The van der Waals surface area contributed by atoms with E-state index in [4.69, 9.17) is 16.3 Å². The average molecular weight is 238 g/mol. The summed E-state index contributed by atoms with van der Waals surface area (Å²) in [6.07, 6.45) is 2.44. The predicted molar refractivity (Wildman–Crippen MR) is 62.4 cm³/mol. The van der Waals surface area contributed by atoms with E-state index in [2.05, 4.69) is 5.32 Å². The van der Waals surface area contributed by atoms with E-state index < -0.39 is 0 Å². The van der Waals surface area contributed by atoms with Crippen molar-refractivity contribution < 1.29 is 9.53 Å². The van der Waals surface area contributed by atoms with Gasteiger partial charge in [-0.1, -0.05) is 11.6 Å². The first-order chi connectivity index (χ1) is 7.75. The molecule has 2 rings (SSSR count). The van der Waals surface area contributed by atoms with Crippen molar-refractivity contribution in [3.63, 3.8) is 0 Å². The van der Waals surface area contributed by atoms with Gasteiger partial charge in [-0.3, -0.25) is 4.79 Å². The highest BCUT2D eigenvalue weighted by molar-refractivity contribution is 6.30. The molecular formula is C12H12ClNO2. The van der Waals surface area contributed by atoms with Crippen LogP contribution >= 0.6 is 11.6 Å². The van der Waals surface area contributed by atoms with Crippen LogP contribution in [-0.4, -0.2) is 18.9 Å². The number of benzene rings is 1. The Morgan fingerprint density at radius 1 is 1.38 bits per heavy atom. The Morgan fingerprint density at radius 3 is 2.75 bits per heavy atom. The van der Waals surface area contributed by atoms with E-state index in [-0.39, 0.29) is 5.78 Å². The van der Waals surface area contributed by atoms with Crippen LogP contribution < -0.4 is 5.32 Å². The second kappa shape index (κ2) is 5.03. The molecule has 16 heavy (non-hydrogen) atoms. The molecule has 4 heteroatoms. The van der Waals surface area contributed by atoms with Gasteiger partial charge in [0.1, 0.15) is 0 Å². The van der Waals surface area contributed by atoms with Gasteiger partial charge in [0.05, 0.1) is 6.61 Å². The number of hydrogen-bond donors (Lipinski definition) is 1. The summed E-state index contributed by atoms with van der Waals surface area (Å²) >= 11 is 5.74. The summed E-state index contributed by atoms with van der Waals surface area (Å²) in [5, 5.41) is 3.64. The zero-order valence-electron chi connectivity index (χ0n) is 8.70. The molecule has 0 atom stereocenters. The molecule has 1 aliphatic heterocycles. The third kappa shape index (κ3) is 2.76. The molecule has 0 spiro atoms. The highest BCUT2D eigenvalue weighted by atomic mass is 35.5. The molecule has 0 radical (unpaired) electrons. The van der Waals surface area contributed by atoms with Gasteiger partial charge in [0, 0.05) is 23.2 Å². The summed E-state index contributed by atoms with van der Waals surface area (Å²) in [6.45, 7) is 1.51. The van der Waals surface area contributed by atoms with E-state index >= 15 is 0 Å². The molecule has 1 heterocycles. The lowest BCUT2D eigenvalue weighted by atomic mass is 10.1. The van der Waals surface area contributed by atoms with Crippen LogP contribution in [0.1, 0.15) is 16.8 Å². The first-order valence-electron chi connectivity index (χ1n) is 5.14. The molecule has 0 saturated carbocycles. The second-order valence-electron chi connectivity index (χ2n) is 3.51. The molecule has 0 unspecified atom stereocenters. The normalized spacial score (nSPS) is 17.7. The van der Waals surface area contributed by atoms with Crippen LogP contribution in [0.4, 0.5) is 0 Å². The van der Waals surface area contributed by atoms with Gasteiger partial charge in [0.2, 0.25) is 0 Å². The number of nitrogens with one attached hydrogen (secondary N) is 1. The lowest BCUT2D eigenvalue weighted by Gasteiger charge is -2.17. The minimum atomic E-state index is -0.0823. The summed E-state index contributed by atoms with van der Waals surface area (Å²) in [5.41, 5.74) is 0.605. The number of ether oxygens (including phenoxy) is 1. The van der Waals surface area contributed by atoms with Gasteiger partial charge in [0.25, 0.3) is 0 Å². The molecule has 1 N–H and O–H groups in total. The SMILES string of the molecule is O=C(/C=C1\NCCCO1)c1ccc(Cl)cc1. The highest BCUT2D eigenvalue weighted by Gasteiger charge is 2.08. The first-order valence-corrected chi connectivity index (χ1v) is 5.52. The van der Waals surface area contributed by atoms with E-state index in [0.717, 1.165) is 13.0 Å². The van der Waals surface area contributed by atoms with Gasteiger partial charge in [-0.2, -0.15) is 0 Å². The van der Waals surface area contributed by atoms with E-state index in [1.165, 1.54) is 6.08 Å². The van der Waals surface area contributed by atoms with Crippen molar-refractivity contribution in [1.29, 1.82) is 0 Å². The Balaban J connectivity index is 2.09. The largest absolute Gasteiger partial charge is 0.479 e. The molecule has 0 aromatic heterocycles. The number of carbonyl (C=O) groups excluding carboxylic acids is 1. The molecule has 3 nitrogen and oxygen atoms in total. The second-order valence-corrected chi connectivity index (χ2v) is 3.94. The van der Waals surface area contributed by atoms with Gasteiger partial charge in [-0.15, -0.1) is 0 Å². The number of halogens is 1. The number of ketones is 1. The molecule has 0 amide bonds. The molecule has 1 aliphatic rings. The molecule has 1 saturated heterocycles. The lowest BCUT2D eigenvalue weighted by molar-refractivity contribution is 0.102. The fraction of sp³-hybridized carbons (Fsp3) is 0.250. The van der Waals surface area contributed by atoms with Gasteiger partial charge in [-0.05, 0) is 30.7 Å². The molecule has 1 aromatic carbocycles. The van der Waals surface area contributed by atoms with Gasteiger partial charge in [-0.25, -0.2) is 0 Å². The minimum Gasteiger partial charge on any atom is -0.479 e. The number of allylic oxidation sites excluding steroid dienone is 1. The Kier molecular flexibility index (Phi) is 3.47. The monoisotopic (exact) mass is 237 g/mol. The minimum absolute atomic E-state index is 0.0823. The summed E-state index contributed by atoms with van der Waals surface area (Å²) in [5.74, 6) is 0.465. The fourth-order valence-electron chi connectivity index (χ4n) is 1.43. The Hall–Kier alpha value is -1.48. The molecule has 0 aliphatic carbocycles. The number of carbonyl (C=O) groups is 1. The third-order valence-electron chi connectivity index (χ3n) is 2.27. The van der Waals surface area contributed by atoms with E-state index in [9.17, 15) is 4.79 Å². The zero-order chi connectivity index (χ0) is 11.4. The Morgan fingerprint density at radius 2 is 2.12 bits per heavy atom. The van der Waals surface area contributed by atoms with Crippen LogP contribution in [-0.2, 0) is 4.74 Å². The Labute approximate surface area is 99.1 Å². The molecule has 1 aromatic rings. The van der Waals surface area contributed by atoms with Crippen LogP contribution in [0.5, 0.6) is 0 Å². The van der Waals surface area contributed by atoms with E-state index in [0.29, 0.717) is 23.1 Å². The smallest absolute Gasteiger partial charge is 0.191 e. The van der Waals surface area contributed by atoms with Crippen molar-refractivity contribution in [2.24, 2.45) is 0 Å². The highest BCUT2D eigenvalue weighted by Crippen LogP contribution is 2.11. The van der Waals surface area contributed by atoms with Gasteiger partial charge < -0.3 is 10.1 Å². The molecule has 0 bridgehead atoms. The summed E-state index contributed by atoms with van der Waals surface area (Å²) in [4.78, 5) is 11.8. The van der Waals surface area contributed by atoms with Crippen molar-refractivity contribution in [3.05, 3.63) is 46.8 Å². The van der Waals surface area contributed by atoms with Crippen molar-refractivity contribution >= 4 is 17.4 Å². The summed E-state index contributed by atoms with van der Waals surface area (Å²) < 4.78 is 5.30. The third-order valence-corrected chi connectivity index (χ3v) is 2.52. The number of rotatable bonds is 2. The number of hydrogen-bond acceptors (Lipinski definition) is 3. The summed E-state index contributed by atoms with van der Waals surface area (Å²) in [7, 11) is 0. The van der Waals surface area contributed by atoms with Crippen molar-refractivity contribution in [2.75, 3.05) is 13.2 Å². The topological polar surface area (TPSA) is 38.3 Å². The summed E-state index contributed by atoms with van der Waals surface area (Å²) in [6, 6.07) is 6.79. The van der Waals surface area contributed by atoms with Crippen LogP contribution in [0.3, 0.4) is 0 Å². The fourth-order valence-corrected chi connectivity index (χ4v) is 1.55. The van der Waals surface area contributed by atoms with Crippen molar-refractivity contribution in [1.82, 2.24) is 5.32 Å². The van der Waals surface area contributed by atoms with E-state index in [1.54, 1.807) is 24.3 Å². The maximum Gasteiger partial charge on any atom is 0.191 e. The van der Waals surface area contributed by atoms with E-state index in [1.807, 2.05) is 0 Å². The maximum atomic E-state index is 11.8. The quantitative estimate of drug-likeness (QED) is 0.634. The zero-order valence-corrected chi connectivity index (χ0v) is 9.46. The van der Waals surface area contributed by atoms with Crippen LogP contribution in [0, 0.1) is 0 Å². The predicted octanol–water partition coefficient (Wildman–Crippen LogP) is 2.37. The van der Waals surface area contributed by atoms with Crippen molar-refractivity contribution in [3.8, 4) is 0 Å². The first kappa shape index (κ1) is 11.0. The van der Waals surface area contributed by atoms with Crippen LogP contribution in [0.15, 0.2) is 36.2 Å². The lowest BCUT2D eigenvalue weighted by Crippen LogP contribution is -2.25. The maximum absolute atomic E-state index is 11.8. The Bertz CT molecular complexity index is 404.